The van der Waals surface area contributed by atoms with Crippen LogP contribution < -0.4 is 15.0 Å². The molecule has 2 amide bonds. The minimum atomic E-state index is -0.305. The summed E-state index contributed by atoms with van der Waals surface area (Å²) in [6, 6.07) is 13.5. The number of nitrogens with zero attached hydrogens (tertiary/aromatic N) is 2. The topological polar surface area (TPSA) is 61.9 Å². The molecule has 1 heterocycles. The van der Waals surface area contributed by atoms with Gasteiger partial charge >= 0.3 is 0 Å². The zero-order valence-electron chi connectivity index (χ0n) is 16.0. The van der Waals surface area contributed by atoms with Crippen LogP contribution in [-0.4, -0.2) is 50.5 Å². The Morgan fingerprint density at radius 1 is 1.25 bits per heavy atom. The fourth-order valence-electron chi connectivity index (χ4n) is 3.22. The predicted molar refractivity (Wildman–Crippen MR) is 105 cm³/mol. The van der Waals surface area contributed by atoms with E-state index in [-0.39, 0.29) is 43.2 Å². The molecule has 0 spiro atoms. The molecule has 0 fully saturated rings. The summed E-state index contributed by atoms with van der Waals surface area (Å²) < 4.78 is 18.9. The molecule has 2 aromatic rings. The lowest BCUT2D eigenvalue weighted by Crippen LogP contribution is -2.41. The highest BCUT2D eigenvalue weighted by molar-refractivity contribution is 5.98. The van der Waals surface area contributed by atoms with Crippen molar-refractivity contribution in [3.8, 4) is 5.75 Å². The molecule has 1 atom stereocenters. The van der Waals surface area contributed by atoms with Gasteiger partial charge in [-0.3, -0.25) is 9.59 Å². The molecule has 1 aliphatic rings. The third kappa shape index (κ3) is 4.67. The van der Waals surface area contributed by atoms with Crippen molar-refractivity contribution in [1.29, 1.82) is 0 Å². The lowest BCUT2D eigenvalue weighted by Gasteiger charge is -2.29. The maximum atomic E-state index is 13.5. The number of halogens is 1. The Hall–Kier alpha value is -2.93. The summed E-state index contributed by atoms with van der Waals surface area (Å²) in [6.45, 7) is 0.599. The van der Waals surface area contributed by atoms with Crippen LogP contribution in [0.5, 0.6) is 5.75 Å². The average Bonchev–Trinajstić information content (AvgIpc) is 2.67. The molecule has 1 N–H and O–H groups in total. The van der Waals surface area contributed by atoms with E-state index in [0.29, 0.717) is 18.0 Å². The van der Waals surface area contributed by atoms with E-state index in [1.54, 1.807) is 23.1 Å². The van der Waals surface area contributed by atoms with Gasteiger partial charge in [0.2, 0.25) is 5.91 Å². The SMILES string of the molecule is CN(C)[C@H](CNC(=O)CCN1C(=O)COc2ccccc21)c1cccc(F)c1. The van der Waals surface area contributed by atoms with Crippen molar-refractivity contribution in [2.45, 2.75) is 12.5 Å². The van der Waals surface area contributed by atoms with E-state index in [2.05, 4.69) is 5.32 Å². The van der Waals surface area contributed by atoms with Crippen molar-refractivity contribution in [2.75, 3.05) is 38.7 Å². The van der Waals surface area contributed by atoms with Gasteiger partial charge in [-0.2, -0.15) is 0 Å². The molecule has 7 heteroatoms. The highest BCUT2D eigenvalue weighted by atomic mass is 19.1. The summed E-state index contributed by atoms with van der Waals surface area (Å²) in [4.78, 5) is 28.0. The second-order valence-electron chi connectivity index (χ2n) is 6.89. The molecule has 0 unspecified atom stereocenters. The minimum Gasteiger partial charge on any atom is -0.482 e. The zero-order chi connectivity index (χ0) is 20.1. The van der Waals surface area contributed by atoms with Crippen LogP contribution in [0, 0.1) is 5.82 Å². The van der Waals surface area contributed by atoms with Crippen molar-refractivity contribution in [1.82, 2.24) is 10.2 Å². The van der Waals surface area contributed by atoms with Gasteiger partial charge in [0.15, 0.2) is 6.61 Å². The predicted octanol–water partition coefficient (Wildman–Crippen LogP) is 2.36. The van der Waals surface area contributed by atoms with E-state index in [4.69, 9.17) is 4.74 Å². The fourth-order valence-corrected chi connectivity index (χ4v) is 3.22. The summed E-state index contributed by atoms with van der Waals surface area (Å²) in [6.07, 6.45) is 0.170. The molecule has 28 heavy (non-hydrogen) atoms. The number of ether oxygens (including phenoxy) is 1. The van der Waals surface area contributed by atoms with E-state index < -0.39 is 0 Å². The molecule has 0 aromatic heterocycles. The highest BCUT2D eigenvalue weighted by Gasteiger charge is 2.25. The Morgan fingerprint density at radius 2 is 2.04 bits per heavy atom. The maximum absolute atomic E-state index is 13.5. The van der Waals surface area contributed by atoms with Crippen LogP contribution in [0.3, 0.4) is 0 Å². The largest absolute Gasteiger partial charge is 0.482 e. The molecule has 6 nitrogen and oxygen atoms in total. The third-order valence-electron chi connectivity index (χ3n) is 4.72. The minimum absolute atomic E-state index is 0.0269. The molecule has 1 aliphatic heterocycles. The van der Waals surface area contributed by atoms with Gasteiger partial charge in [0.25, 0.3) is 5.91 Å². The van der Waals surface area contributed by atoms with Crippen molar-refractivity contribution in [3.63, 3.8) is 0 Å². The van der Waals surface area contributed by atoms with Crippen LogP contribution in [0.15, 0.2) is 48.5 Å². The van der Waals surface area contributed by atoms with Crippen LogP contribution in [0.1, 0.15) is 18.0 Å². The van der Waals surface area contributed by atoms with E-state index in [9.17, 15) is 14.0 Å². The number of hydrogen-bond acceptors (Lipinski definition) is 4. The monoisotopic (exact) mass is 385 g/mol. The van der Waals surface area contributed by atoms with Crippen molar-refractivity contribution in [3.05, 3.63) is 59.9 Å². The summed E-state index contributed by atoms with van der Waals surface area (Å²) in [5.74, 6) is -0.00101. The lowest BCUT2D eigenvalue weighted by atomic mass is 10.1. The number of nitrogens with one attached hydrogen (secondary N) is 1. The molecular weight excluding hydrogens is 361 g/mol. The average molecular weight is 385 g/mol. The number of likely N-dealkylation sites (N-methyl/N-ethyl adjacent to an activating group) is 1. The standard InChI is InChI=1S/C21H24FN3O3/c1-24(2)18(15-6-5-7-16(22)12-15)13-23-20(26)10-11-25-17-8-3-4-9-19(17)28-14-21(25)27/h3-9,12,18H,10-11,13-14H2,1-2H3,(H,23,26)/t18-/m1/s1. The molecule has 0 saturated carbocycles. The van der Waals surface area contributed by atoms with E-state index in [1.165, 1.54) is 12.1 Å². The second-order valence-corrected chi connectivity index (χ2v) is 6.89. The smallest absolute Gasteiger partial charge is 0.265 e. The first-order chi connectivity index (χ1) is 13.5. The van der Waals surface area contributed by atoms with Crippen molar-refractivity contribution < 1.29 is 18.7 Å². The van der Waals surface area contributed by atoms with Crippen LogP contribution in [-0.2, 0) is 9.59 Å². The Morgan fingerprint density at radius 3 is 2.79 bits per heavy atom. The molecule has 3 rings (SSSR count). The third-order valence-corrected chi connectivity index (χ3v) is 4.72. The first-order valence-electron chi connectivity index (χ1n) is 9.16. The van der Waals surface area contributed by atoms with Gasteiger partial charge in [0.1, 0.15) is 11.6 Å². The quantitative estimate of drug-likeness (QED) is 0.795. The second kappa shape index (κ2) is 8.84. The zero-order valence-corrected chi connectivity index (χ0v) is 16.0. The first-order valence-corrected chi connectivity index (χ1v) is 9.16. The Bertz CT molecular complexity index is 856. The van der Waals surface area contributed by atoms with Crippen LogP contribution in [0.2, 0.25) is 0 Å². The number of anilines is 1. The molecule has 2 aromatic carbocycles. The van der Waals surface area contributed by atoms with Gasteiger partial charge in [-0.15, -0.1) is 0 Å². The van der Waals surface area contributed by atoms with Crippen LogP contribution in [0.25, 0.3) is 0 Å². The number of amides is 2. The lowest BCUT2D eigenvalue weighted by molar-refractivity contribution is -0.122. The molecule has 0 aliphatic carbocycles. The Balaban J connectivity index is 1.58. The van der Waals surface area contributed by atoms with E-state index in [0.717, 1.165) is 5.56 Å². The van der Waals surface area contributed by atoms with E-state index in [1.807, 2.05) is 37.2 Å². The Labute approximate surface area is 163 Å². The first kappa shape index (κ1) is 19.8. The summed E-state index contributed by atoms with van der Waals surface area (Å²) >= 11 is 0. The molecule has 148 valence electrons. The van der Waals surface area contributed by atoms with Gasteiger partial charge in [-0.1, -0.05) is 24.3 Å². The number of carbonyl (C=O) groups is 2. The number of rotatable bonds is 7. The molecule has 0 radical (unpaired) electrons. The number of carbonyl (C=O) groups excluding carboxylic acids is 2. The molecule has 0 bridgehead atoms. The normalized spacial score (nSPS) is 14.4. The van der Waals surface area contributed by atoms with E-state index >= 15 is 0 Å². The van der Waals surface area contributed by atoms with Gasteiger partial charge in [-0.25, -0.2) is 4.39 Å². The highest BCUT2D eigenvalue weighted by Crippen LogP contribution is 2.31. The molecule has 0 saturated heterocycles. The van der Waals surface area contributed by atoms with Crippen molar-refractivity contribution >= 4 is 17.5 Å². The molecular formula is C21H24FN3O3. The van der Waals surface area contributed by atoms with Gasteiger partial charge < -0.3 is 19.9 Å². The van der Waals surface area contributed by atoms with Gasteiger partial charge in [-0.05, 0) is 43.9 Å². The van der Waals surface area contributed by atoms with Crippen LogP contribution in [0.4, 0.5) is 10.1 Å². The Kier molecular flexibility index (Phi) is 6.26. The number of benzene rings is 2. The summed E-state index contributed by atoms with van der Waals surface area (Å²) in [5, 5.41) is 2.89. The number of fused-ring (bicyclic) bond motifs is 1. The number of para-hydroxylation sites is 2. The number of hydrogen-bond donors (Lipinski definition) is 1. The van der Waals surface area contributed by atoms with Gasteiger partial charge in [0, 0.05) is 19.5 Å². The fraction of sp³-hybridized carbons (Fsp3) is 0.333. The maximum Gasteiger partial charge on any atom is 0.265 e. The summed E-state index contributed by atoms with van der Waals surface area (Å²) in [7, 11) is 3.76. The van der Waals surface area contributed by atoms with Crippen molar-refractivity contribution in [2.24, 2.45) is 0 Å². The van der Waals surface area contributed by atoms with Crippen LogP contribution >= 0.6 is 0 Å². The summed E-state index contributed by atoms with van der Waals surface area (Å²) in [5.41, 5.74) is 1.47. The van der Waals surface area contributed by atoms with Gasteiger partial charge in [0.05, 0.1) is 11.7 Å².